The van der Waals surface area contributed by atoms with Crippen molar-refractivity contribution in [3.05, 3.63) is 0 Å². The van der Waals surface area contributed by atoms with Gasteiger partial charge in [0.25, 0.3) is 0 Å². The highest BCUT2D eigenvalue weighted by Gasteiger charge is 2.45. The number of nitrogens with one attached hydrogen (secondary N) is 3. The quantitative estimate of drug-likeness (QED) is 0.193. The van der Waals surface area contributed by atoms with E-state index in [4.69, 9.17) is 15.0 Å². The zero-order valence-electron chi connectivity index (χ0n) is 38.4. The van der Waals surface area contributed by atoms with Crippen molar-refractivity contribution in [3.8, 4) is 0 Å². The van der Waals surface area contributed by atoms with Crippen LogP contribution in [0.1, 0.15) is 188 Å². The maximum Gasteiger partial charge on any atom is 0.233 e. The Kier molecular flexibility index (Phi) is 12.0. The molecule has 4 aliphatic rings. The van der Waals surface area contributed by atoms with E-state index in [2.05, 4.69) is 137 Å². The van der Waals surface area contributed by atoms with Gasteiger partial charge >= 0.3 is 0 Å². The fourth-order valence-corrected chi connectivity index (χ4v) is 13.9. The Morgan fingerprint density at radius 1 is 0.426 bits per heavy atom. The first-order chi connectivity index (χ1) is 24.5. The maximum atomic E-state index is 5.57. The Bertz CT molecular complexity index is 1270. The zero-order valence-corrected chi connectivity index (χ0v) is 38.4. The van der Waals surface area contributed by atoms with Crippen LogP contribution in [-0.4, -0.2) is 59.5 Å². The summed E-state index contributed by atoms with van der Waals surface area (Å²) in [7, 11) is 1.96. The van der Waals surface area contributed by atoms with Gasteiger partial charge in [0, 0.05) is 31.2 Å². The van der Waals surface area contributed by atoms with Crippen LogP contribution in [0.15, 0.2) is 0 Å². The minimum absolute atomic E-state index is 0.234. The highest BCUT2D eigenvalue weighted by atomic mass is 15.4. The van der Waals surface area contributed by atoms with E-state index in [0.29, 0.717) is 51.8 Å². The van der Waals surface area contributed by atoms with E-state index >= 15 is 0 Å². The van der Waals surface area contributed by atoms with E-state index in [1.807, 2.05) is 7.05 Å². The molecule has 0 saturated heterocycles. The SMILES string of the molecule is CNc1nc(N(CNC2CC(C)(C)CC(C)(C)C2)C2CC(C)(C)CC(C)(C)C2)nc(N(CNC2CC(C)(C)CC(C)(C)C2)C2CC(C)(C)CC(C)(C)C2)n1. The molecule has 1 aromatic heterocycles. The van der Waals surface area contributed by atoms with Gasteiger partial charge in [-0.1, -0.05) is 111 Å². The second-order valence-corrected chi connectivity index (χ2v) is 25.5. The maximum absolute atomic E-state index is 5.57. The first kappa shape index (κ1) is 43.5. The molecule has 0 amide bonds. The Hall–Kier alpha value is -1.67. The van der Waals surface area contributed by atoms with Crippen LogP contribution in [0, 0.1) is 43.3 Å². The normalized spacial score (nSPS) is 27.6. The summed E-state index contributed by atoms with van der Waals surface area (Å²) in [4.78, 5) is 21.1. The van der Waals surface area contributed by atoms with Gasteiger partial charge in [-0.25, -0.2) is 0 Å². The molecule has 310 valence electrons. The van der Waals surface area contributed by atoms with Gasteiger partial charge < -0.3 is 15.1 Å². The Morgan fingerprint density at radius 2 is 0.685 bits per heavy atom. The van der Waals surface area contributed by atoms with Crippen LogP contribution in [0.3, 0.4) is 0 Å². The summed E-state index contributed by atoms with van der Waals surface area (Å²) in [5.41, 5.74) is 2.20. The fraction of sp³-hybridized carbons (Fsp3) is 0.935. The number of aromatic nitrogens is 3. The van der Waals surface area contributed by atoms with Crippen LogP contribution in [0.25, 0.3) is 0 Å². The van der Waals surface area contributed by atoms with Crippen LogP contribution in [0.4, 0.5) is 17.8 Å². The van der Waals surface area contributed by atoms with E-state index in [9.17, 15) is 0 Å². The van der Waals surface area contributed by atoms with Gasteiger partial charge in [0.1, 0.15) is 0 Å². The summed E-state index contributed by atoms with van der Waals surface area (Å²) >= 11 is 0. The van der Waals surface area contributed by atoms with Gasteiger partial charge in [-0.3, -0.25) is 10.6 Å². The van der Waals surface area contributed by atoms with Gasteiger partial charge in [-0.2, -0.15) is 15.0 Å². The minimum Gasteiger partial charge on any atom is -0.357 e. The number of rotatable bonds is 11. The highest BCUT2D eigenvalue weighted by Crippen LogP contribution is 2.51. The molecule has 0 aromatic carbocycles. The van der Waals surface area contributed by atoms with Crippen molar-refractivity contribution in [2.24, 2.45) is 43.3 Å². The van der Waals surface area contributed by atoms with Crippen LogP contribution >= 0.6 is 0 Å². The third kappa shape index (κ3) is 11.7. The molecule has 0 atom stereocenters. The van der Waals surface area contributed by atoms with Gasteiger partial charge in [0.05, 0.1) is 13.3 Å². The van der Waals surface area contributed by atoms with Crippen LogP contribution < -0.4 is 25.8 Å². The number of nitrogens with zero attached hydrogens (tertiary/aromatic N) is 5. The van der Waals surface area contributed by atoms with Gasteiger partial charge in [-0.05, 0) is 120 Å². The molecule has 0 radical (unpaired) electrons. The highest BCUT2D eigenvalue weighted by molar-refractivity contribution is 5.47. The van der Waals surface area contributed by atoms with Crippen molar-refractivity contribution in [2.75, 3.05) is 35.5 Å². The summed E-state index contributed by atoms with van der Waals surface area (Å²) in [5.74, 6) is 2.28. The topological polar surface area (TPSA) is 81.2 Å². The average molecular weight is 751 g/mol. The third-order valence-corrected chi connectivity index (χ3v) is 13.5. The first-order valence-corrected chi connectivity index (χ1v) is 21.9. The van der Waals surface area contributed by atoms with E-state index in [-0.39, 0.29) is 21.7 Å². The molecule has 0 bridgehead atoms. The molecule has 5 rings (SSSR count). The lowest BCUT2D eigenvalue weighted by atomic mass is 9.63. The molecule has 4 fully saturated rings. The molecule has 0 aliphatic heterocycles. The molecule has 8 heteroatoms. The Labute approximate surface area is 333 Å². The molecule has 4 aliphatic carbocycles. The smallest absolute Gasteiger partial charge is 0.233 e. The molecule has 4 saturated carbocycles. The van der Waals surface area contributed by atoms with E-state index < -0.39 is 0 Å². The van der Waals surface area contributed by atoms with Crippen LogP contribution in [-0.2, 0) is 0 Å². The summed E-state index contributed by atoms with van der Waals surface area (Å²) in [6.45, 7) is 40.8. The molecule has 54 heavy (non-hydrogen) atoms. The number of hydrogen-bond donors (Lipinski definition) is 3. The van der Waals surface area contributed by atoms with Crippen LogP contribution in [0.2, 0.25) is 0 Å². The lowest BCUT2D eigenvalue weighted by molar-refractivity contribution is 0.0791. The van der Waals surface area contributed by atoms with Crippen LogP contribution in [0.5, 0.6) is 0 Å². The molecule has 3 N–H and O–H groups in total. The van der Waals surface area contributed by atoms with Gasteiger partial charge in [0.2, 0.25) is 17.8 Å². The summed E-state index contributed by atoms with van der Waals surface area (Å²) in [6.07, 6.45) is 14.3. The molecular formula is C46H86N8. The minimum atomic E-state index is 0.234. The lowest BCUT2D eigenvalue weighted by Crippen LogP contribution is -2.54. The lowest BCUT2D eigenvalue weighted by Gasteiger charge is -2.50. The van der Waals surface area contributed by atoms with Crippen molar-refractivity contribution < 1.29 is 0 Å². The van der Waals surface area contributed by atoms with Crippen molar-refractivity contribution in [2.45, 2.75) is 212 Å². The van der Waals surface area contributed by atoms with E-state index in [1.165, 1.54) is 51.4 Å². The average Bonchev–Trinajstić information content (AvgIpc) is 2.90. The summed E-state index contributed by atoms with van der Waals surface area (Å²) in [6, 6.07) is 1.56. The second-order valence-electron chi connectivity index (χ2n) is 25.5. The third-order valence-electron chi connectivity index (χ3n) is 13.5. The van der Waals surface area contributed by atoms with E-state index in [1.54, 1.807) is 0 Å². The van der Waals surface area contributed by atoms with Crippen molar-refractivity contribution in [1.29, 1.82) is 0 Å². The Morgan fingerprint density at radius 3 is 0.944 bits per heavy atom. The molecule has 1 heterocycles. The van der Waals surface area contributed by atoms with Crippen molar-refractivity contribution in [3.63, 3.8) is 0 Å². The number of anilines is 3. The monoisotopic (exact) mass is 751 g/mol. The molecule has 0 unspecified atom stereocenters. The second kappa shape index (κ2) is 14.9. The molecule has 0 spiro atoms. The first-order valence-electron chi connectivity index (χ1n) is 21.9. The van der Waals surface area contributed by atoms with E-state index in [0.717, 1.165) is 50.9 Å². The predicted molar refractivity (Wildman–Crippen MR) is 231 cm³/mol. The van der Waals surface area contributed by atoms with Gasteiger partial charge in [-0.15, -0.1) is 0 Å². The molecule has 1 aromatic rings. The molecular weight excluding hydrogens is 665 g/mol. The summed E-state index contributed by atoms with van der Waals surface area (Å²) < 4.78 is 0. The van der Waals surface area contributed by atoms with Gasteiger partial charge in [0.15, 0.2) is 0 Å². The molecule has 8 nitrogen and oxygen atoms in total. The summed E-state index contributed by atoms with van der Waals surface area (Å²) in [5, 5.41) is 11.6. The number of hydrogen-bond acceptors (Lipinski definition) is 8. The zero-order chi connectivity index (χ0) is 40.3. The standard InChI is InChI=1S/C46H86N8/c1-39(2)18-32(19-40(3,4)26-39)48-30-53(34-22-43(9,10)28-44(11,12)23-34)37-50-36(47-17)51-38(52-37)54(35-24-45(13,14)29-46(15,16)25-35)31-49-33-20-41(5,6)27-42(7,8)21-33/h32-35,48-49H,18-31H2,1-17H3,(H,47,50,51,52). The van der Waals surface area contributed by atoms with Crippen molar-refractivity contribution >= 4 is 17.8 Å². The fourth-order valence-electron chi connectivity index (χ4n) is 13.9. The predicted octanol–water partition coefficient (Wildman–Crippen LogP) is 11.0. The largest absolute Gasteiger partial charge is 0.357 e. The Balaban J connectivity index is 1.55. The van der Waals surface area contributed by atoms with Crippen molar-refractivity contribution in [1.82, 2.24) is 25.6 Å².